The van der Waals surface area contributed by atoms with Crippen molar-refractivity contribution in [3.05, 3.63) is 34.1 Å². The van der Waals surface area contributed by atoms with Gasteiger partial charge in [0.05, 0.1) is 15.4 Å². The largest absolute Gasteiger partial charge is 0.388 e. The van der Waals surface area contributed by atoms with Crippen molar-refractivity contribution < 1.29 is 22.8 Å². The SMILES string of the molecule is CSCC(C)(O)CNS(=O)(=O)c1ccc([N+](=O)[O-])c(F)c1. The van der Waals surface area contributed by atoms with Crippen LogP contribution in [0, 0.1) is 15.9 Å². The predicted octanol–water partition coefficient (Wildman–Crippen LogP) is 1.13. The Kier molecular flexibility index (Phi) is 5.68. The minimum atomic E-state index is -4.06. The molecule has 118 valence electrons. The van der Waals surface area contributed by atoms with E-state index in [9.17, 15) is 28.0 Å². The Labute approximate surface area is 125 Å². The molecule has 0 aliphatic carbocycles. The molecule has 10 heteroatoms. The van der Waals surface area contributed by atoms with Gasteiger partial charge >= 0.3 is 5.69 Å². The second-order valence-electron chi connectivity index (χ2n) is 4.62. The van der Waals surface area contributed by atoms with E-state index < -0.39 is 36.9 Å². The normalized spacial score (nSPS) is 14.7. The minimum absolute atomic E-state index is 0.255. The van der Waals surface area contributed by atoms with Gasteiger partial charge in [0.1, 0.15) is 0 Å². The van der Waals surface area contributed by atoms with Gasteiger partial charge in [0, 0.05) is 24.4 Å². The third-order valence-electron chi connectivity index (χ3n) is 2.52. The monoisotopic (exact) mass is 338 g/mol. The molecule has 1 aromatic carbocycles. The van der Waals surface area contributed by atoms with E-state index in [0.29, 0.717) is 11.8 Å². The van der Waals surface area contributed by atoms with Crippen molar-refractivity contribution in [1.29, 1.82) is 0 Å². The second-order valence-corrected chi connectivity index (χ2v) is 7.26. The molecule has 1 atom stereocenters. The molecule has 2 N–H and O–H groups in total. The van der Waals surface area contributed by atoms with Crippen LogP contribution in [-0.4, -0.2) is 42.6 Å². The highest BCUT2D eigenvalue weighted by atomic mass is 32.2. The van der Waals surface area contributed by atoms with Crippen molar-refractivity contribution in [3.8, 4) is 0 Å². The number of hydrogen-bond acceptors (Lipinski definition) is 6. The van der Waals surface area contributed by atoms with Crippen molar-refractivity contribution in [3.63, 3.8) is 0 Å². The molecule has 0 spiro atoms. The molecule has 0 saturated carbocycles. The Morgan fingerprint density at radius 2 is 2.14 bits per heavy atom. The summed E-state index contributed by atoms with van der Waals surface area (Å²) < 4.78 is 39.5. The molecule has 1 unspecified atom stereocenters. The zero-order valence-electron chi connectivity index (χ0n) is 11.4. The zero-order valence-corrected chi connectivity index (χ0v) is 13.0. The van der Waals surface area contributed by atoms with E-state index in [4.69, 9.17) is 0 Å². The summed E-state index contributed by atoms with van der Waals surface area (Å²) in [5.41, 5.74) is -2.06. The number of nitro groups is 1. The quantitative estimate of drug-likeness (QED) is 0.570. The van der Waals surface area contributed by atoms with Crippen LogP contribution in [0.3, 0.4) is 0 Å². The molecule has 21 heavy (non-hydrogen) atoms. The third-order valence-corrected chi connectivity index (χ3v) is 4.83. The van der Waals surface area contributed by atoms with E-state index in [-0.39, 0.29) is 6.54 Å². The van der Waals surface area contributed by atoms with Crippen molar-refractivity contribution in [2.45, 2.75) is 17.4 Å². The van der Waals surface area contributed by atoms with Gasteiger partial charge in [-0.1, -0.05) is 0 Å². The first kappa shape index (κ1) is 17.8. The van der Waals surface area contributed by atoms with Gasteiger partial charge in [0.15, 0.2) is 0 Å². The number of aliphatic hydroxyl groups is 1. The Bertz CT molecular complexity index is 634. The highest BCUT2D eigenvalue weighted by Crippen LogP contribution is 2.21. The fourth-order valence-electron chi connectivity index (χ4n) is 1.50. The summed E-state index contributed by atoms with van der Waals surface area (Å²) in [5, 5.41) is 20.4. The van der Waals surface area contributed by atoms with Crippen LogP contribution in [0.15, 0.2) is 23.1 Å². The molecule has 0 aliphatic heterocycles. The van der Waals surface area contributed by atoms with E-state index in [2.05, 4.69) is 4.72 Å². The molecule has 0 radical (unpaired) electrons. The predicted molar refractivity (Wildman–Crippen MR) is 77.2 cm³/mol. The Balaban J connectivity index is 2.94. The fraction of sp³-hybridized carbons (Fsp3) is 0.455. The number of sulfonamides is 1. The van der Waals surface area contributed by atoms with Crippen LogP contribution in [0.4, 0.5) is 10.1 Å². The molecule has 0 bridgehead atoms. The number of benzene rings is 1. The van der Waals surface area contributed by atoms with Gasteiger partial charge in [-0.05, 0) is 19.2 Å². The molecule has 0 aromatic heterocycles. The van der Waals surface area contributed by atoms with Crippen molar-refractivity contribution >= 4 is 27.5 Å². The van der Waals surface area contributed by atoms with Gasteiger partial charge in [0.25, 0.3) is 0 Å². The van der Waals surface area contributed by atoms with Crippen LogP contribution in [-0.2, 0) is 10.0 Å². The molecular formula is C11H15FN2O5S2. The first-order valence-corrected chi connectivity index (χ1v) is 8.62. The highest BCUT2D eigenvalue weighted by molar-refractivity contribution is 7.98. The van der Waals surface area contributed by atoms with Crippen molar-refractivity contribution in [2.24, 2.45) is 0 Å². The van der Waals surface area contributed by atoms with Gasteiger partial charge in [-0.15, -0.1) is 0 Å². The van der Waals surface area contributed by atoms with E-state index in [1.54, 1.807) is 6.26 Å². The maximum absolute atomic E-state index is 13.4. The average molecular weight is 338 g/mol. The molecule has 0 amide bonds. The first-order valence-electron chi connectivity index (χ1n) is 5.74. The summed E-state index contributed by atoms with van der Waals surface area (Å²) in [5.74, 6) is -0.928. The zero-order chi connectivity index (χ0) is 16.3. The average Bonchev–Trinajstić information content (AvgIpc) is 2.36. The van der Waals surface area contributed by atoms with Crippen LogP contribution >= 0.6 is 11.8 Å². The van der Waals surface area contributed by atoms with E-state index in [1.807, 2.05) is 0 Å². The number of hydrogen-bond donors (Lipinski definition) is 2. The maximum atomic E-state index is 13.4. The van der Waals surface area contributed by atoms with Gasteiger partial charge in [-0.25, -0.2) is 13.1 Å². The lowest BCUT2D eigenvalue weighted by atomic mass is 10.1. The lowest BCUT2D eigenvalue weighted by molar-refractivity contribution is -0.387. The summed E-state index contributed by atoms with van der Waals surface area (Å²) in [6.45, 7) is 1.21. The Morgan fingerprint density at radius 1 is 1.52 bits per heavy atom. The molecule has 0 saturated heterocycles. The first-order chi connectivity index (χ1) is 9.59. The Hall–Kier alpha value is -1.23. The molecule has 1 rings (SSSR count). The van der Waals surface area contributed by atoms with Crippen molar-refractivity contribution in [2.75, 3.05) is 18.6 Å². The molecule has 0 aliphatic rings. The number of rotatable bonds is 7. The number of nitrogens with one attached hydrogen (secondary N) is 1. The standard InChI is InChI=1S/C11H15FN2O5S2/c1-11(15,7-20-2)6-13-21(18,19)8-3-4-10(14(16)17)9(12)5-8/h3-5,13,15H,6-7H2,1-2H3. The highest BCUT2D eigenvalue weighted by Gasteiger charge is 2.25. The van der Waals surface area contributed by atoms with Crippen LogP contribution < -0.4 is 4.72 Å². The molecule has 1 aromatic rings. The number of nitro benzene ring substituents is 1. The van der Waals surface area contributed by atoms with E-state index in [0.717, 1.165) is 12.1 Å². The lowest BCUT2D eigenvalue weighted by Crippen LogP contribution is -2.42. The molecule has 7 nitrogen and oxygen atoms in total. The minimum Gasteiger partial charge on any atom is -0.388 e. The summed E-state index contributed by atoms with van der Waals surface area (Å²) in [6.07, 6.45) is 1.76. The summed E-state index contributed by atoms with van der Waals surface area (Å²) >= 11 is 1.34. The number of thioether (sulfide) groups is 1. The van der Waals surface area contributed by atoms with Gasteiger partial charge < -0.3 is 5.11 Å². The van der Waals surface area contributed by atoms with Crippen LogP contribution in [0.5, 0.6) is 0 Å². The van der Waals surface area contributed by atoms with Crippen LogP contribution in [0.2, 0.25) is 0 Å². The Morgan fingerprint density at radius 3 is 2.62 bits per heavy atom. The van der Waals surface area contributed by atoms with Crippen molar-refractivity contribution in [1.82, 2.24) is 4.72 Å². The van der Waals surface area contributed by atoms with Gasteiger partial charge in [-0.3, -0.25) is 10.1 Å². The summed E-state index contributed by atoms with van der Waals surface area (Å²) in [7, 11) is -4.06. The number of halogens is 1. The smallest absolute Gasteiger partial charge is 0.304 e. The van der Waals surface area contributed by atoms with Crippen LogP contribution in [0.1, 0.15) is 6.92 Å². The van der Waals surface area contributed by atoms with Gasteiger partial charge in [0.2, 0.25) is 15.8 Å². The van der Waals surface area contributed by atoms with Crippen LogP contribution in [0.25, 0.3) is 0 Å². The number of nitrogens with zero attached hydrogens (tertiary/aromatic N) is 1. The molecule has 0 heterocycles. The molecule has 0 fully saturated rings. The molecular weight excluding hydrogens is 323 g/mol. The summed E-state index contributed by atoms with van der Waals surface area (Å²) in [4.78, 5) is 9.10. The topological polar surface area (TPSA) is 110 Å². The maximum Gasteiger partial charge on any atom is 0.304 e. The fourth-order valence-corrected chi connectivity index (χ4v) is 3.40. The second kappa shape index (κ2) is 6.69. The third kappa shape index (κ3) is 4.92. The summed E-state index contributed by atoms with van der Waals surface area (Å²) in [6, 6.07) is 2.29. The van der Waals surface area contributed by atoms with E-state index in [1.165, 1.54) is 18.7 Å². The lowest BCUT2D eigenvalue weighted by Gasteiger charge is -2.22. The van der Waals surface area contributed by atoms with Gasteiger partial charge in [-0.2, -0.15) is 16.2 Å². The van der Waals surface area contributed by atoms with E-state index >= 15 is 0 Å².